The molecule has 0 spiro atoms. The van der Waals surface area contributed by atoms with Crippen molar-refractivity contribution in [1.29, 1.82) is 0 Å². The Morgan fingerprint density at radius 1 is 1.33 bits per heavy atom. The SMILES string of the molecule is CCn1ncc(Cl)c1CN(C)C(=O)c1ccc(COc2ccccc2Br)o1. The van der Waals surface area contributed by atoms with Gasteiger partial charge in [-0.1, -0.05) is 23.7 Å². The highest BCUT2D eigenvalue weighted by atomic mass is 79.9. The molecule has 27 heavy (non-hydrogen) atoms. The van der Waals surface area contributed by atoms with Crippen molar-refractivity contribution < 1.29 is 13.9 Å². The largest absolute Gasteiger partial charge is 0.484 e. The topological polar surface area (TPSA) is 60.5 Å². The van der Waals surface area contributed by atoms with Gasteiger partial charge in [0.2, 0.25) is 0 Å². The normalized spacial score (nSPS) is 10.8. The van der Waals surface area contributed by atoms with E-state index in [1.807, 2.05) is 31.2 Å². The Morgan fingerprint density at radius 3 is 2.85 bits per heavy atom. The quantitative estimate of drug-likeness (QED) is 0.518. The first kappa shape index (κ1) is 19.5. The van der Waals surface area contributed by atoms with Gasteiger partial charge in [-0.05, 0) is 47.1 Å². The van der Waals surface area contributed by atoms with Crippen LogP contribution in [-0.4, -0.2) is 27.6 Å². The number of benzene rings is 1. The number of aromatic nitrogens is 2. The first-order valence-electron chi connectivity index (χ1n) is 8.41. The van der Waals surface area contributed by atoms with Gasteiger partial charge < -0.3 is 14.1 Å². The molecule has 0 bridgehead atoms. The number of amides is 1. The van der Waals surface area contributed by atoms with Crippen molar-refractivity contribution in [3.8, 4) is 5.75 Å². The highest BCUT2D eigenvalue weighted by Gasteiger charge is 2.19. The van der Waals surface area contributed by atoms with Crippen LogP contribution in [0.1, 0.15) is 28.9 Å². The monoisotopic (exact) mass is 451 g/mol. The van der Waals surface area contributed by atoms with Crippen molar-refractivity contribution in [2.45, 2.75) is 26.6 Å². The smallest absolute Gasteiger partial charge is 0.289 e. The fraction of sp³-hybridized carbons (Fsp3) is 0.263. The Hall–Kier alpha value is -2.25. The zero-order chi connectivity index (χ0) is 19.4. The molecule has 0 unspecified atom stereocenters. The van der Waals surface area contributed by atoms with Crippen molar-refractivity contribution in [2.24, 2.45) is 0 Å². The summed E-state index contributed by atoms with van der Waals surface area (Å²) in [4.78, 5) is 14.2. The molecule has 1 amide bonds. The first-order chi connectivity index (χ1) is 13.0. The average Bonchev–Trinajstić information content (AvgIpc) is 3.27. The highest BCUT2D eigenvalue weighted by molar-refractivity contribution is 9.10. The van der Waals surface area contributed by atoms with Crippen LogP contribution in [0.5, 0.6) is 5.75 Å². The molecule has 0 aliphatic rings. The van der Waals surface area contributed by atoms with Crippen LogP contribution in [0, 0.1) is 0 Å². The molecule has 0 fully saturated rings. The fourth-order valence-corrected chi connectivity index (χ4v) is 3.18. The third-order valence-corrected chi connectivity index (χ3v) is 4.98. The van der Waals surface area contributed by atoms with E-state index in [9.17, 15) is 4.79 Å². The first-order valence-corrected chi connectivity index (χ1v) is 9.58. The fourth-order valence-electron chi connectivity index (χ4n) is 2.58. The molecule has 0 saturated heterocycles. The van der Waals surface area contributed by atoms with E-state index < -0.39 is 0 Å². The van der Waals surface area contributed by atoms with Crippen molar-refractivity contribution in [3.05, 3.63) is 69.3 Å². The summed E-state index contributed by atoms with van der Waals surface area (Å²) in [6, 6.07) is 10.9. The number of aryl methyl sites for hydroxylation is 1. The van der Waals surface area contributed by atoms with E-state index in [-0.39, 0.29) is 18.3 Å². The molecule has 0 atom stereocenters. The molecule has 8 heteroatoms. The van der Waals surface area contributed by atoms with Gasteiger partial charge in [-0.15, -0.1) is 0 Å². The molecule has 0 saturated carbocycles. The van der Waals surface area contributed by atoms with E-state index in [0.717, 1.165) is 10.2 Å². The summed E-state index contributed by atoms with van der Waals surface area (Å²) in [5.41, 5.74) is 0.791. The number of para-hydroxylation sites is 1. The molecule has 3 aromatic rings. The number of halogens is 2. The zero-order valence-electron chi connectivity index (χ0n) is 15.0. The molecule has 2 aromatic heterocycles. The maximum Gasteiger partial charge on any atom is 0.289 e. The molecule has 3 rings (SSSR count). The van der Waals surface area contributed by atoms with Crippen LogP contribution in [0.3, 0.4) is 0 Å². The average molecular weight is 453 g/mol. The van der Waals surface area contributed by atoms with Crippen LogP contribution in [0.4, 0.5) is 0 Å². The van der Waals surface area contributed by atoms with E-state index in [2.05, 4.69) is 21.0 Å². The third kappa shape index (κ3) is 4.54. The van der Waals surface area contributed by atoms with Crippen LogP contribution in [-0.2, 0) is 19.7 Å². The van der Waals surface area contributed by atoms with E-state index in [1.165, 1.54) is 0 Å². The molecular weight excluding hydrogens is 434 g/mol. The van der Waals surface area contributed by atoms with Crippen molar-refractivity contribution >= 4 is 33.4 Å². The standard InChI is InChI=1S/C19H19BrClN3O3/c1-3-24-16(15(21)10-22-24)11-23(2)19(25)18-9-8-13(27-18)12-26-17-7-5-4-6-14(17)20/h4-10H,3,11-12H2,1-2H3. The number of carbonyl (C=O) groups is 1. The second-order valence-corrected chi connectivity index (χ2v) is 7.16. The maximum atomic E-state index is 12.6. The van der Waals surface area contributed by atoms with Gasteiger partial charge >= 0.3 is 0 Å². The number of nitrogens with zero attached hydrogens (tertiary/aromatic N) is 3. The van der Waals surface area contributed by atoms with Gasteiger partial charge in [0.05, 0.1) is 27.9 Å². The van der Waals surface area contributed by atoms with Gasteiger partial charge in [0.1, 0.15) is 18.1 Å². The summed E-state index contributed by atoms with van der Waals surface area (Å²) in [6.07, 6.45) is 1.59. The van der Waals surface area contributed by atoms with Crippen LogP contribution in [0.15, 0.2) is 51.5 Å². The zero-order valence-corrected chi connectivity index (χ0v) is 17.3. The third-order valence-electron chi connectivity index (χ3n) is 4.01. The number of hydrogen-bond donors (Lipinski definition) is 0. The van der Waals surface area contributed by atoms with Crippen LogP contribution in [0.2, 0.25) is 5.02 Å². The predicted octanol–water partition coefficient (Wildman–Crippen LogP) is 4.76. The lowest BCUT2D eigenvalue weighted by atomic mass is 10.3. The number of carbonyl (C=O) groups excluding carboxylic acids is 1. The van der Waals surface area contributed by atoms with Gasteiger partial charge in [-0.2, -0.15) is 5.10 Å². The second kappa shape index (κ2) is 8.63. The number of hydrogen-bond acceptors (Lipinski definition) is 4. The Kier molecular flexibility index (Phi) is 6.23. The summed E-state index contributed by atoms with van der Waals surface area (Å²) in [5.74, 6) is 1.30. The Morgan fingerprint density at radius 2 is 2.11 bits per heavy atom. The van der Waals surface area contributed by atoms with Gasteiger partial charge in [0.15, 0.2) is 5.76 Å². The Bertz CT molecular complexity index is 938. The summed E-state index contributed by atoms with van der Waals surface area (Å²) in [5, 5.41) is 4.73. The molecule has 0 aliphatic heterocycles. The Balaban J connectivity index is 1.64. The number of furan rings is 1. The van der Waals surface area contributed by atoms with Crippen molar-refractivity contribution in [3.63, 3.8) is 0 Å². The van der Waals surface area contributed by atoms with Gasteiger partial charge in [-0.3, -0.25) is 9.48 Å². The summed E-state index contributed by atoms with van der Waals surface area (Å²) in [6.45, 7) is 3.23. The lowest BCUT2D eigenvalue weighted by Crippen LogP contribution is -2.27. The van der Waals surface area contributed by atoms with E-state index in [0.29, 0.717) is 29.6 Å². The minimum absolute atomic E-state index is 0.230. The van der Waals surface area contributed by atoms with E-state index >= 15 is 0 Å². The highest BCUT2D eigenvalue weighted by Crippen LogP contribution is 2.25. The maximum absolute atomic E-state index is 12.6. The van der Waals surface area contributed by atoms with Crippen LogP contribution >= 0.6 is 27.5 Å². The molecule has 0 aliphatic carbocycles. The molecule has 2 heterocycles. The van der Waals surface area contributed by atoms with Crippen molar-refractivity contribution in [2.75, 3.05) is 7.05 Å². The minimum Gasteiger partial charge on any atom is -0.484 e. The van der Waals surface area contributed by atoms with Crippen LogP contribution < -0.4 is 4.74 Å². The summed E-state index contributed by atoms with van der Waals surface area (Å²) < 4.78 is 14.0. The lowest BCUT2D eigenvalue weighted by Gasteiger charge is -2.16. The second-order valence-electron chi connectivity index (χ2n) is 5.90. The van der Waals surface area contributed by atoms with Crippen molar-refractivity contribution in [1.82, 2.24) is 14.7 Å². The minimum atomic E-state index is -0.234. The van der Waals surface area contributed by atoms with E-state index in [1.54, 1.807) is 35.0 Å². The number of ether oxygens (including phenoxy) is 1. The molecule has 0 N–H and O–H groups in total. The van der Waals surface area contributed by atoms with Crippen LogP contribution in [0.25, 0.3) is 0 Å². The van der Waals surface area contributed by atoms with Gasteiger partial charge in [-0.25, -0.2) is 0 Å². The van der Waals surface area contributed by atoms with Gasteiger partial charge in [0, 0.05) is 13.6 Å². The molecule has 0 radical (unpaired) electrons. The lowest BCUT2D eigenvalue weighted by molar-refractivity contribution is 0.0745. The molecule has 1 aromatic carbocycles. The predicted molar refractivity (Wildman–Crippen MR) is 106 cm³/mol. The number of rotatable bonds is 7. The summed E-state index contributed by atoms with van der Waals surface area (Å²) in [7, 11) is 1.70. The molecule has 142 valence electrons. The summed E-state index contributed by atoms with van der Waals surface area (Å²) >= 11 is 9.60. The molecular formula is C19H19BrClN3O3. The van der Waals surface area contributed by atoms with Gasteiger partial charge in [0.25, 0.3) is 5.91 Å². The van der Waals surface area contributed by atoms with E-state index in [4.69, 9.17) is 20.8 Å². The molecule has 6 nitrogen and oxygen atoms in total. The Labute approximate surface area is 170 Å².